The van der Waals surface area contributed by atoms with Crippen LogP contribution in [0.25, 0.3) is 0 Å². The number of carbonyl (C=O) groups is 1. The van der Waals surface area contributed by atoms with Crippen molar-refractivity contribution < 1.29 is 4.79 Å². The summed E-state index contributed by atoms with van der Waals surface area (Å²) in [6.45, 7) is 4.54. The fourth-order valence-corrected chi connectivity index (χ4v) is 3.10. The summed E-state index contributed by atoms with van der Waals surface area (Å²) in [4.78, 5) is 12.1. The minimum absolute atomic E-state index is 0.0673. The second kappa shape index (κ2) is 4.96. The van der Waals surface area contributed by atoms with Gasteiger partial charge in [0.15, 0.2) is 0 Å². The molecule has 1 aromatic rings. The van der Waals surface area contributed by atoms with Gasteiger partial charge in [0.05, 0.1) is 5.56 Å². The molecule has 0 heterocycles. The Morgan fingerprint density at radius 3 is 2.71 bits per heavy atom. The highest BCUT2D eigenvalue weighted by atomic mass is 127. The van der Waals surface area contributed by atoms with Crippen LogP contribution in [-0.4, -0.2) is 11.9 Å². The molecule has 0 saturated heterocycles. The second-order valence-electron chi connectivity index (χ2n) is 5.56. The molecule has 1 saturated carbocycles. The molecule has 2 rings (SSSR count). The van der Waals surface area contributed by atoms with Crippen LogP contribution >= 0.6 is 22.6 Å². The zero-order valence-electron chi connectivity index (χ0n) is 10.3. The van der Waals surface area contributed by atoms with Crippen molar-refractivity contribution >= 4 is 28.5 Å². The Morgan fingerprint density at radius 1 is 1.41 bits per heavy atom. The molecule has 2 nitrogen and oxygen atoms in total. The molecule has 1 amide bonds. The van der Waals surface area contributed by atoms with E-state index in [9.17, 15) is 4.79 Å². The van der Waals surface area contributed by atoms with Gasteiger partial charge in [0.2, 0.25) is 0 Å². The highest BCUT2D eigenvalue weighted by molar-refractivity contribution is 14.1. The van der Waals surface area contributed by atoms with Crippen molar-refractivity contribution in [2.75, 3.05) is 0 Å². The lowest BCUT2D eigenvalue weighted by Gasteiger charge is -2.18. The van der Waals surface area contributed by atoms with Crippen molar-refractivity contribution in [3.8, 4) is 0 Å². The van der Waals surface area contributed by atoms with E-state index in [1.54, 1.807) is 0 Å². The standard InChI is InChI=1S/C14H18INO/c1-14(2)8-7-10(9-14)16-13(17)11-5-3-4-6-12(11)15/h3-6,10H,7-9H2,1-2H3,(H,16,17). The van der Waals surface area contributed by atoms with Gasteiger partial charge in [-0.1, -0.05) is 26.0 Å². The zero-order chi connectivity index (χ0) is 12.5. The van der Waals surface area contributed by atoms with Crippen LogP contribution in [0.4, 0.5) is 0 Å². The molecule has 0 radical (unpaired) electrons. The van der Waals surface area contributed by atoms with Gasteiger partial charge in [-0.25, -0.2) is 0 Å². The molecule has 0 aliphatic heterocycles. The topological polar surface area (TPSA) is 29.1 Å². The second-order valence-corrected chi connectivity index (χ2v) is 6.72. The molecule has 1 aliphatic carbocycles. The van der Waals surface area contributed by atoms with Crippen molar-refractivity contribution in [1.29, 1.82) is 0 Å². The first-order valence-corrected chi connectivity index (χ1v) is 7.11. The number of amides is 1. The number of hydrogen-bond acceptors (Lipinski definition) is 1. The van der Waals surface area contributed by atoms with Crippen LogP contribution in [0, 0.1) is 8.99 Å². The maximum atomic E-state index is 12.1. The molecule has 92 valence electrons. The first-order chi connectivity index (χ1) is 7.98. The third-order valence-electron chi connectivity index (χ3n) is 3.42. The Morgan fingerprint density at radius 2 is 2.12 bits per heavy atom. The smallest absolute Gasteiger partial charge is 0.252 e. The van der Waals surface area contributed by atoms with Gasteiger partial charge in [0.25, 0.3) is 5.91 Å². The van der Waals surface area contributed by atoms with E-state index < -0.39 is 0 Å². The Labute approximate surface area is 116 Å². The van der Waals surface area contributed by atoms with Crippen LogP contribution in [0.15, 0.2) is 24.3 Å². The lowest BCUT2D eigenvalue weighted by molar-refractivity contribution is 0.0935. The molecular weight excluding hydrogens is 325 g/mol. The van der Waals surface area contributed by atoms with Crippen molar-refractivity contribution in [3.05, 3.63) is 33.4 Å². The van der Waals surface area contributed by atoms with Crippen LogP contribution in [0.2, 0.25) is 0 Å². The molecule has 3 heteroatoms. The predicted octanol–water partition coefficient (Wildman–Crippen LogP) is 3.60. The number of rotatable bonds is 2. The van der Waals surface area contributed by atoms with Crippen LogP contribution in [0.5, 0.6) is 0 Å². The van der Waals surface area contributed by atoms with E-state index in [0.717, 1.165) is 22.0 Å². The Balaban J connectivity index is 2.01. The molecule has 1 fully saturated rings. The van der Waals surface area contributed by atoms with E-state index in [1.165, 1.54) is 6.42 Å². The van der Waals surface area contributed by atoms with Crippen molar-refractivity contribution in [2.45, 2.75) is 39.2 Å². The molecule has 1 unspecified atom stereocenters. The number of carbonyl (C=O) groups excluding carboxylic acids is 1. The Bertz CT molecular complexity index is 428. The quantitative estimate of drug-likeness (QED) is 0.817. The number of benzene rings is 1. The van der Waals surface area contributed by atoms with E-state index >= 15 is 0 Å². The van der Waals surface area contributed by atoms with Gasteiger partial charge in [-0.05, 0) is 59.4 Å². The van der Waals surface area contributed by atoms with E-state index in [0.29, 0.717) is 11.5 Å². The van der Waals surface area contributed by atoms with Crippen LogP contribution in [0.3, 0.4) is 0 Å². The Kier molecular flexibility index (Phi) is 3.76. The van der Waals surface area contributed by atoms with Gasteiger partial charge in [-0.2, -0.15) is 0 Å². The van der Waals surface area contributed by atoms with E-state index in [4.69, 9.17) is 0 Å². The van der Waals surface area contributed by atoms with Crippen molar-refractivity contribution in [2.24, 2.45) is 5.41 Å². The third-order valence-corrected chi connectivity index (χ3v) is 4.36. The minimum Gasteiger partial charge on any atom is -0.349 e. The average Bonchev–Trinajstić information content (AvgIpc) is 2.58. The largest absolute Gasteiger partial charge is 0.349 e. The Hall–Kier alpha value is -0.580. The highest BCUT2D eigenvalue weighted by Gasteiger charge is 2.31. The number of halogens is 1. The summed E-state index contributed by atoms with van der Waals surface area (Å²) in [5, 5.41) is 3.15. The van der Waals surface area contributed by atoms with Gasteiger partial charge >= 0.3 is 0 Å². The summed E-state index contributed by atoms with van der Waals surface area (Å²) >= 11 is 2.21. The van der Waals surface area contributed by atoms with Gasteiger partial charge in [-0.3, -0.25) is 4.79 Å². The molecule has 0 bridgehead atoms. The monoisotopic (exact) mass is 343 g/mol. The molecule has 1 N–H and O–H groups in total. The summed E-state index contributed by atoms with van der Waals surface area (Å²) in [6.07, 6.45) is 3.38. The maximum absolute atomic E-state index is 12.1. The van der Waals surface area contributed by atoms with E-state index in [2.05, 4.69) is 41.8 Å². The van der Waals surface area contributed by atoms with Crippen LogP contribution in [0.1, 0.15) is 43.5 Å². The molecule has 17 heavy (non-hydrogen) atoms. The summed E-state index contributed by atoms with van der Waals surface area (Å²) in [6, 6.07) is 8.06. The lowest BCUT2D eigenvalue weighted by Crippen LogP contribution is -2.33. The van der Waals surface area contributed by atoms with Crippen molar-refractivity contribution in [1.82, 2.24) is 5.32 Å². The lowest BCUT2D eigenvalue weighted by atomic mass is 9.92. The predicted molar refractivity (Wildman–Crippen MR) is 78.0 cm³/mol. The molecule has 1 aromatic carbocycles. The summed E-state index contributed by atoms with van der Waals surface area (Å²) in [7, 11) is 0. The molecule has 0 aromatic heterocycles. The number of hydrogen-bond donors (Lipinski definition) is 1. The van der Waals surface area contributed by atoms with E-state index in [-0.39, 0.29) is 5.91 Å². The molecule has 1 atom stereocenters. The third kappa shape index (κ3) is 3.21. The van der Waals surface area contributed by atoms with Gasteiger partial charge in [0, 0.05) is 9.61 Å². The fraction of sp³-hybridized carbons (Fsp3) is 0.500. The average molecular weight is 343 g/mol. The summed E-state index contributed by atoms with van der Waals surface area (Å²) in [5.74, 6) is 0.0673. The molecule has 1 aliphatic rings. The summed E-state index contributed by atoms with van der Waals surface area (Å²) < 4.78 is 1.01. The minimum atomic E-state index is 0.0673. The molecular formula is C14H18INO. The van der Waals surface area contributed by atoms with Gasteiger partial charge < -0.3 is 5.32 Å². The first kappa shape index (κ1) is 12.9. The van der Waals surface area contributed by atoms with Crippen molar-refractivity contribution in [3.63, 3.8) is 0 Å². The van der Waals surface area contributed by atoms with Crippen LogP contribution < -0.4 is 5.32 Å². The SMILES string of the molecule is CC1(C)CCC(NC(=O)c2ccccc2I)C1. The first-order valence-electron chi connectivity index (χ1n) is 6.03. The van der Waals surface area contributed by atoms with Gasteiger partial charge in [-0.15, -0.1) is 0 Å². The highest BCUT2D eigenvalue weighted by Crippen LogP contribution is 2.37. The fourth-order valence-electron chi connectivity index (χ4n) is 2.47. The number of nitrogens with one attached hydrogen (secondary N) is 1. The van der Waals surface area contributed by atoms with E-state index in [1.807, 2.05) is 24.3 Å². The summed E-state index contributed by atoms with van der Waals surface area (Å²) in [5.41, 5.74) is 1.17. The van der Waals surface area contributed by atoms with Gasteiger partial charge in [0.1, 0.15) is 0 Å². The molecule has 0 spiro atoms. The normalized spacial score (nSPS) is 22.4. The zero-order valence-corrected chi connectivity index (χ0v) is 12.5. The maximum Gasteiger partial charge on any atom is 0.252 e. The van der Waals surface area contributed by atoms with Crippen LogP contribution in [-0.2, 0) is 0 Å².